The Bertz CT molecular complexity index is 636. The summed E-state index contributed by atoms with van der Waals surface area (Å²) < 4.78 is 0. The van der Waals surface area contributed by atoms with Gasteiger partial charge in [0.25, 0.3) is 0 Å². The third-order valence-corrected chi connectivity index (χ3v) is 4.74. The molecule has 2 aliphatic rings. The molecule has 122 valence electrons. The number of allylic oxidation sites excluding steroid dienone is 1. The number of hydrogen-bond acceptors (Lipinski definition) is 2. The molecule has 2 amide bonds. The number of benzene rings is 1. The molecule has 0 radical (unpaired) electrons. The van der Waals surface area contributed by atoms with Crippen LogP contribution in [0.3, 0.4) is 0 Å². The van der Waals surface area contributed by atoms with Crippen molar-refractivity contribution in [2.75, 3.05) is 11.4 Å². The fourth-order valence-corrected chi connectivity index (χ4v) is 3.53. The van der Waals surface area contributed by atoms with Gasteiger partial charge in [0, 0.05) is 18.3 Å². The highest BCUT2D eigenvalue weighted by Crippen LogP contribution is 2.31. The van der Waals surface area contributed by atoms with Crippen LogP contribution in [-0.4, -0.2) is 24.4 Å². The van der Waals surface area contributed by atoms with E-state index in [2.05, 4.69) is 11.4 Å². The molecule has 1 aromatic rings. The summed E-state index contributed by atoms with van der Waals surface area (Å²) in [5.74, 6) is -0.940. The van der Waals surface area contributed by atoms with Crippen LogP contribution in [0.15, 0.2) is 35.9 Å². The van der Waals surface area contributed by atoms with Gasteiger partial charge in [-0.15, -0.1) is 0 Å². The first-order valence-corrected chi connectivity index (χ1v) is 8.54. The van der Waals surface area contributed by atoms with Gasteiger partial charge in [-0.3, -0.25) is 9.59 Å². The summed E-state index contributed by atoms with van der Waals surface area (Å²) in [5, 5.41) is 2.79. The average molecular weight is 312 g/mol. The van der Waals surface area contributed by atoms with Crippen LogP contribution in [0, 0.1) is 0 Å². The molecule has 1 heterocycles. The van der Waals surface area contributed by atoms with Crippen molar-refractivity contribution >= 4 is 17.5 Å². The van der Waals surface area contributed by atoms with Crippen LogP contribution in [0.1, 0.15) is 44.6 Å². The highest BCUT2D eigenvalue weighted by Gasteiger charge is 2.33. The number of rotatable bonds is 3. The molecule has 0 saturated heterocycles. The molecule has 4 nitrogen and oxygen atoms in total. The zero-order chi connectivity index (χ0) is 16.2. The van der Waals surface area contributed by atoms with Crippen molar-refractivity contribution in [3.8, 4) is 0 Å². The van der Waals surface area contributed by atoms with E-state index < -0.39 is 11.8 Å². The zero-order valence-corrected chi connectivity index (χ0v) is 13.7. The molecule has 0 fully saturated rings. The lowest BCUT2D eigenvalue weighted by molar-refractivity contribution is -0.137. The SMILES string of the molecule is CC1Cc2ccccc2N1C(=O)C(=O)NCCC1=CCCCC1. The number of nitrogens with zero attached hydrogens (tertiary/aromatic N) is 1. The molecule has 1 unspecified atom stereocenters. The summed E-state index contributed by atoms with van der Waals surface area (Å²) in [6.45, 7) is 2.53. The summed E-state index contributed by atoms with van der Waals surface area (Å²) in [4.78, 5) is 26.3. The molecule has 0 saturated carbocycles. The Morgan fingerprint density at radius 1 is 1.26 bits per heavy atom. The van der Waals surface area contributed by atoms with Crippen molar-refractivity contribution in [3.05, 3.63) is 41.5 Å². The molecule has 0 aromatic heterocycles. The van der Waals surface area contributed by atoms with Gasteiger partial charge < -0.3 is 10.2 Å². The van der Waals surface area contributed by atoms with Crippen LogP contribution in [0.25, 0.3) is 0 Å². The molecule has 4 heteroatoms. The number of anilines is 1. The Hall–Kier alpha value is -2.10. The fraction of sp³-hybridized carbons (Fsp3) is 0.474. The van der Waals surface area contributed by atoms with Crippen molar-refractivity contribution in [2.24, 2.45) is 0 Å². The van der Waals surface area contributed by atoms with E-state index in [1.807, 2.05) is 31.2 Å². The second kappa shape index (κ2) is 6.99. The van der Waals surface area contributed by atoms with Crippen LogP contribution in [-0.2, 0) is 16.0 Å². The van der Waals surface area contributed by atoms with E-state index in [0.717, 1.165) is 36.9 Å². The number of nitrogens with one attached hydrogen (secondary N) is 1. The molecule has 1 aliphatic heterocycles. The average Bonchev–Trinajstić information content (AvgIpc) is 2.90. The molecule has 1 N–H and O–H groups in total. The number of carbonyl (C=O) groups excluding carboxylic acids is 2. The first kappa shape index (κ1) is 15.8. The Kier molecular flexibility index (Phi) is 4.79. The highest BCUT2D eigenvalue weighted by atomic mass is 16.2. The third kappa shape index (κ3) is 3.46. The minimum Gasteiger partial charge on any atom is -0.347 e. The van der Waals surface area contributed by atoms with Gasteiger partial charge in [0.15, 0.2) is 0 Å². The highest BCUT2D eigenvalue weighted by molar-refractivity contribution is 6.40. The largest absolute Gasteiger partial charge is 0.347 e. The first-order valence-electron chi connectivity index (χ1n) is 8.54. The van der Waals surface area contributed by atoms with E-state index in [0.29, 0.717) is 6.54 Å². The Labute approximate surface area is 137 Å². The van der Waals surface area contributed by atoms with Crippen molar-refractivity contribution in [1.82, 2.24) is 5.32 Å². The lowest BCUT2D eigenvalue weighted by Crippen LogP contribution is -2.45. The van der Waals surface area contributed by atoms with Crippen molar-refractivity contribution in [2.45, 2.75) is 51.5 Å². The lowest BCUT2D eigenvalue weighted by atomic mass is 9.97. The van der Waals surface area contributed by atoms with Gasteiger partial charge in [-0.25, -0.2) is 0 Å². The summed E-state index contributed by atoms with van der Waals surface area (Å²) in [6.07, 6.45) is 8.70. The van der Waals surface area contributed by atoms with Crippen LogP contribution < -0.4 is 10.2 Å². The van der Waals surface area contributed by atoms with Gasteiger partial charge in [-0.05, 0) is 57.1 Å². The maximum absolute atomic E-state index is 12.5. The predicted molar refractivity (Wildman–Crippen MR) is 91.3 cm³/mol. The Morgan fingerprint density at radius 3 is 2.87 bits per heavy atom. The van der Waals surface area contributed by atoms with Gasteiger partial charge in [-0.2, -0.15) is 0 Å². The Balaban J connectivity index is 1.57. The summed E-state index contributed by atoms with van der Waals surface area (Å²) >= 11 is 0. The summed E-state index contributed by atoms with van der Waals surface area (Å²) in [6, 6.07) is 7.85. The normalized spacial score (nSPS) is 20.0. The van der Waals surface area contributed by atoms with Crippen LogP contribution >= 0.6 is 0 Å². The van der Waals surface area contributed by atoms with E-state index in [1.165, 1.54) is 18.4 Å². The standard InChI is InChI=1S/C19H24N2O2/c1-14-13-16-9-5-6-10-17(16)21(14)19(23)18(22)20-12-11-15-7-3-2-4-8-15/h5-7,9-10,14H,2-4,8,11-13H2,1H3,(H,20,22). The molecule has 0 bridgehead atoms. The van der Waals surface area contributed by atoms with Crippen molar-refractivity contribution < 1.29 is 9.59 Å². The monoisotopic (exact) mass is 312 g/mol. The van der Waals surface area contributed by atoms with Gasteiger partial charge in [0.1, 0.15) is 0 Å². The third-order valence-electron chi connectivity index (χ3n) is 4.74. The minimum absolute atomic E-state index is 0.0340. The lowest BCUT2D eigenvalue weighted by Gasteiger charge is -2.22. The molecule has 3 rings (SSSR count). The summed E-state index contributed by atoms with van der Waals surface area (Å²) in [7, 11) is 0. The van der Waals surface area contributed by atoms with E-state index in [4.69, 9.17) is 0 Å². The van der Waals surface area contributed by atoms with Crippen LogP contribution in [0.5, 0.6) is 0 Å². The molecule has 1 aromatic carbocycles. The number of carbonyl (C=O) groups is 2. The molecule has 0 spiro atoms. The van der Waals surface area contributed by atoms with E-state index in [1.54, 1.807) is 4.90 Å². The quantitative estimate of drug-likeness (QED) is 0.689. The number of fused-ring (bicyclic) bond motifs is 1. The predicted octanol–water partition coefficient (Wildman–Crippen LogP) is 2.97. The molecule has 23 heavy (non-hydrogen) atoms. The van der Waals surface area contributed by atoms with Gasteiger partial charge in [0.2, 0.25) is 0 Å². The molecular formula is C19H24N2O2. The molecule has 1 atom stereocenters. The zero-order valence-electron chi connectivity index (χ0n) is 13.7. The van der Waals surface area contributed by atoms with Crippen molar-refractivity contribution in [1.29, 1.82) is 0 Å². The van der Waals surface area contributed by atoms with Crippen LogP contribution in [0.4, 0.5) is 5.69 Å². The van der Waals surface area contributed by atoms with Gasteiger partial charge in [-0.1, -0.05) is 29.8 Å². The minimum atomic E-state index is -0.495. The van der Waals surface area contributed by atoms with Gasteiger partial charge in [0.05, 0.1) is 0 Å². The number of para-hydroxylation sites is 1. The van der Waals surface area contributed by atoms with Crippen molar-refractivity contribution in [3.63, 3.8) is 0 Å². The van der Waals surface area contributed by atoms with Gasteiger partial charge >= 0.3 is 11.8 Å². The molecule has 1 aliphatic carbocycles. The first-order chi connectivity index (χ1) is 11.2. The maximum atomic E-state index is 12.5. The van der Waals surface area contributed by atoms with E-state index in [-0.39, 0.29) is 6.04 Å². The smallest absolute Gasteiger partial charge is 0.316 e. The second-order valence-corrected chi connectivity index (χ2v) is 6.47. The fourth-order valence-electron chi connectivity index (χ4n) is 3.53. The second-order valence-electron chi connectivity index (χ2n) is 6.47. The number of amides is 2. The number of hydrogen-bond donors (Lipinski definition) is 1. The van der Waals surface area contributed by atoms with Crippen LogP contribution in [0.2, 0.25) is 0 Å². The topological polar surface area (TPSA) is 49.4 Å². The maximum Gasteiger partial charge on any atom is 0.316 e. The molecular weight excluding hydrogens is 288 g/mol. The Morgan fingerprint density at radius 2 is 2.09 bits per heavy atom. The van der Waals surface area contributed by atoms with E-state index >= 15 is 0 Å². The summed E-state index contributed by atoms with van der Waals surface area (Å²) in [5.41, 5.74) is 3.41. The van der Waals surface area contributed by atoms with E-state index in [9.17, 15) is 9.59 Å².